The van der Waals surface area contributed by atoms with Gasteiger partial charge in [-0.2, -0.15) is 0 Å². The van der Waals surface area contributed by atoms with Gasteiger partial charge in [-0.1, -0.05) is 12.1 Å². The standard InChI is InChI=1S/C16H18FNO3/c1-2-21-16(20)14-7-4-10-18(14)15(19)9-8-12-5-3-6-13(17)11-12/h3,5-6,8-9,11,14H,2,4,7,10H2,1H3. The van der Waals surface area contributed by atoms with Crippen molar-refractivity contribution in [3.05, 3.63) is 41.7 Å². The van der Waals surface area contributed by atoms with Crippen LogP contribution in [0.2, 0.25) is 0 Å². The maximum atomic E-state index is 13.1. The summed E-state index contributed by atoms with van der Waals surface area (Å²) < 4.78 is 18.0. The number of ether oxygens (including phenoxy) is 1. The monoisotopic (exact) mass is 291 g/mol. The molecule has 5 heteroatoms. The number of hydrogen-bond acceptors (Lipinski definition) is 3. The van der Waals surface area contributed by atoms with E-state index in [0.29, 0.717) is 25.1 Å². The van der Waals surface area contributed by atoms with Crippen molar-refractivity contribution in [2.45, 2.75) is 25.8 Å². The third kappa shape index (κ3) is 3.90. The van der Waals surface area contributed by atoms with E-state index in [4.69, 9.17) is 4.74 Å². The highest BCUT2D eigenvalue weighted by atomic mass is 19.1. The van der Waals surface area contributed by atoms with Crippen LogP contribution in [0.25, 0.3) is 6.08 Å². The minimum atomic E-state index is -0.505. The van der Waals surface area contributed by atoms with Crippen molar-refractivity contribution in [2.24, 2.45) is 0 Å². The molecule has 1 aromatic carbocycles. The van der Waals surface area contributed by atoms with Crippen molar-refractivity contribution < 1.29 is 18.7 Å². The summed E-state index contributed by atoms with van der Waals surface area (Å²) in [5, 5.41) is 0. The fourth-order valence-electron chi connectivity index (χ4n) is 2.39. The molecule has 21 heavy (non-hydrogen) atoms. The van der Waals surface area contributed by atoms with Gasteiger partial charge in [0.1, 0.15) is 11.9 Å². The van der Waals surface area contributed by atoms with Crippen LogP contribution < -0.4 is 0 Å². The second-order valence-corrected chi connectivity index (χ2v) is 4.83. The van der Waals surface area contributed by atoms with Gasteiger partial charge in [0.15, 0.2) is 0 Å². The van der Waals surface area contributed by atoms with Gasteiger partial charge < -0.3 is 9.64 Å². The zero-order valence-corrected chi connectivity index (χ0v) is 11.9. The van der Waals surface area contributed by atoms with Crippen molar-refractivity contribution >= 4 is 18.0 Å². The van der Waals surface area contributed by atoms with Crippen LogP contribution in [0.15, 0.2) is 30.3 Å². The fraction of sp³-hybridized carbons (Fsp3) is 0.375. The number of hydrogen-bond donors (Lipinski definition) is 0. The lowest BCUT2D eigenvalue weighted by molar-refractivity contribution is -0.151. The molecule has 1 atom stereocenters. The van der Waals surface area contributed by atoms with E-state index in [2.05, 4.69) is 0 Å². The fourth-order valence-corrected chi connectivity index (χ4v) is 2.39. The summed E-state index contributed by atoms with van der Waals surface area (Å²) in [6, 6.07) is 5.47. The lowest BCUT2D eigenvalue weighted by Gasteiger charge is -2.21. The minimum absolute atomic E-state index is 0.255. The highest BCUT2D eigenvalue weighted by Gasteiger charge is 2.33. The Morgan fingerprint density at radius 3 is 3.00 bits per heavy atom. The van der Waals surface area contributed by atoms with E-state index in [1.807, 2.05) is 0 Å². The van der Waals surface area contributed by atoms with Crippen molar-refractivity contribution in [3.63, 3.8) is 0 Å². The van der Waals surface area contributed by atoms with Gasteiger partial charge in [-0.15, -0.1) is 0 Å². The van der Waals surface area contributed by atoms with Gasteiger partial charge >= 0.3 is 5.97 Å². The molecule has 0 aromatic heterocycles. The summed E-state index contributed by atoms with van der Waals surface area (Å²) in [6.07, 6.45) is 4.32. The van der Waals surface area contributed by atoms with E-state index >= 15 is 0 Å². The zero-order chi connectivity index (χ0) is 15.2. The summed E-state index contributed by atoms with van der Waals surface area (Å²) in [4.78, 5) is 25.5. The molecule has 1 unspecified atom stereocenters. The van der Waals surface area contributed by atoms with Crippen LogP contribution in [-0.2, 0) is 14.3 Å². The lowest BCUT2D eigenvalue weighted by atomic mass is 10.2. The molecule has 1 aromatic rings. The Labute approximate surface area is 123 Å². The normalized spacial score (nSPS) is 18.2. The van der Waals surface area contributed by atoms with Gasteiger partial charge in [-0.3, -0.25) is 4.79 Å². The van der Waals surface area contributed by atoms with Crippen LogP contribution in [0.1, 0.15) is 25.3 Å². The summed E-state index contributed by atoms with van der Waals surface area (Å²) in [5.41, 5.74) is 0.607. The van der Waals surface area contributed by atoms with Crippen LogP contribution in [-0.4, -0.2) is 36.0 Å². The highest BCUT2D eigenvalue weighted by molar-refractivity contribution is 5.95. The molecule has 1 heterocycles. The Morgan fingerprint density at radius 1 is 1.48 bits per heavy atom. The quantitative estimate of drug-likeness (QED) is 0.632. The van der Waals surface area contributed by atoms with E-state index < -0.39 is 6.04 Å². The Balaban J connectivity index is 2.03. The van der Waals surface area contributed by atoms with E-state index in [-0.39, 0.29) is 17.7 Å². The molecule has 1 saturated heterocycles. The van der Waals surface area contributed by atoms with Crippen molar-refractivity contribution in [1.82, 2.24) is 4.90 Å². The predicted octanol–water partition coefficient (Wildman–Crippen LogP) is 2.39. The summed E-state index contributed by atoms with van der Waals surface area (Å²) in [5.74, 6) is -0.965. The van der Waals surface area contributed by atoms with Gasteiger partial charge in [0, 0.05) is 12.6 Å². The zero-order valence-electron chi connectivity index (χ0n) is 11.9. The van der Waals surface area contributed by atoms with Gasteiger partial charge in [-0.25, -0.2) is 9.18 Å². The first-order valence-electron chi connectivity index (χ1n) is 7.02. The number of amides is 1. The Morgan fingerprint density at radius 2 is 2.29 bits per heavy atom. The van der Waals surface area contributed by atoms with Crippen LogP contribution in [0, 0.1) is 5.82 Å². The van der Waals surface area contributed by atoms with Crippen molar-refractivity contribution in [1.29, 1.82) is 0 Å². The molecule has 0 radical (unpaired) electrons. The molecule has 4 nitrogen and oxygen atoms in total. The number of rotatable bonds is 4. The molecule has 0 saturated carbocycles. The Kier molecular flexibility index (Phi) is 5.09. The molecular weight excluding hydrogens is 273 g/mol. The highest BCUT2D eigenvalue weighted by Crippen LogP contribution is 2.19. The molecule has 1 aliphatic heterocycles. The number of likely N-dealkylation sites (tertiary alicyclic amines) is 1. The van der Waals surface area contributed by atoms with Crippen LogP contribution >= 0.6 is 0 Å². The predicted molar refractivity (Wildman–Crippen MR) is 76.8 cm³/mol. The van der Waals surface area contributed by atoms with Gasteiger partial charge in [0.25, 0.3) is 0 Å². The van der Waals surface area contributed by atoms with Crippen LogP contribution in [0.3, 0.4) is 0 Å². The minimum Gasteiger partial charge on any atom is -0.464 e. The number of carbonyl (C=O) groups excluding carboxylic acids is 2. The molecule has 2 rings (SSSR count). The molecule has 1 fully saturated rings. The molecule has 1 amide bonds. The molecule has 0 aliphatic carbocycles. The SMILES string of the molecule is CCOC(=O)C1CCCN1C(=O)C=Cc1cccc(F)c1. The first kappa shape index (κ1) is 15.2. The Bertz CT molecular complexity index is 556. The van der Waals surface area contributed by atoms with Gasteiger partial charge in [-0.05, 0) is 43.5 Å². The second kappa shape index (κ2) is 7.02. The number of nitrogens with zero attached hydrogens (tertiary/aromatic N) is 1. The molecule has 0 N–H and O–H groups in total. The average molecular weight is 291 g/mol. The summed E-state index contributed by atoms with van der Waals surface area (Å²) >= 11 is 0. The van der Waals surface area contributed by atoms with Gasteiger partial charge in [0.05, 0.1) is 6.61 Å². The van der Waals surface area contributed by atoms with Crippen LogP contribution in [0.4, 0.5) is 4.39 Å². The number of halogens is 1. The van der Waals surface area contributed by atoms with E-state index in [1.165, 1.54) is 23.1 Å². The molecule has 0 spiro atoms. The first-order valence-corrected chi connectivity index (χ1v) is 7.02. The third-order valence-corrected chi connectivity index (χ3v) is 3.36. The third-order valence-electron chi connectivity index (χ3n) is 3.36. The molecule has 1 aliphatic rings. The maximum Gasteiger partial charge on any atom is 0.328 e. The Hall–Kier alpha value is -2.17. The van der Waals surface area contributed by atoms with E-state index in [9.17, 15) is 14.0 Å². The van der Waals surface area contributed by atoms with Crippen molar-refractivity contribution in [3.8, 4) is 0 Å². The van der Waals surface area contributed by atoms with E-state index in [0.717, 1.165) is 6.42 Å². The lowest BCUT2D eigenvalue weighted by Crippen LogP contribution is -2.40. The van der Waals surface area contributed by atoms with E-state index in [1.54, 1.807) is 25.1 Å². The second-order valence-electron chi connectivity index (χ2n) is 4.83. The smallest absolute Gasteiger partial charge is 0.328 e. The molecular formula is C16H18FNO3. The summed E-state index contributed by atoms with van der Waals surface area (Å²) in [7, 11) is 0. The average Bonchev–Trinajstić information content (AvgIpc) is 2.94. The molecule has 0 bridgehead atoms. The molecule has 112 valence electrons. The number of carbonyl (C=O) groups is 2. The maximum absolute atomic E-state index is 13.1. The van der Waals surface area contributed by atoms with Crippen molar-refractivity contribution in [2.75, 3.05) is 13.2 Å². The topological polar surface area (TPSA) is 46.6 Å². The van der Waals surface area contributed by atoms with Gasteiger partial charge in [0.2, 0.25) is 5.91 Å². The largest absolute Gasteiger partial charge is 0.464 e. The first-order chi connectivity index (χ1) is 10.1. The number of esters is 1. The summed E-state index contributed by atoms with van der Waals surface area (Å²) in [6.45, 7) is 2.58. The van der Waals surface area contributed by atoms with Crippen LogP contribution in [0.5, 0.6) is 0 Å². The number of benzene rings is 1.